The monoisotopic (exact) mass is 322 g/mol. The molecule has 2 aliphatic heterocycles. The van der Waals surface area contributed by atoms with Crippen molar-refractivity contribution in [2.24, 2.45) is 0 Å². The lowest BCUT2D eigenvalue weighted by Crippen LogP contribution is -3.12. The molecule has 114 valence electrons. The van der Waals surface area contributed by atoms with Crippen LogP contribution in [0.4, 0.5) is 13.9 Å². The topological polar surface area (TPSA) is 37.6 Å². The molecule has 0 radical (unpaired) electrons. The molecule has 2 aromatic rings. The number of fused-ring (bicyclic) bond motifs is 1. The van der Waals surface area contributed by atoms with Crippen molar-refractivity contribution in [3.63, 3.8) is 0 Å². The van der Waals surface area contributed by atoms with Crippen LogP contribution in [0.25, 0.3) is 0 Å². The van der Waals surface area contributed by atoms with Crippen molar-refractivity contribution in [2.45, 2.75) is 25.0 Å². The van der Waals surface area contributed by atoms with Gasteiger partial charge >= 0.3 is 0 Å². The summed E-state index contributed by atoms with van der Waals surface area (Å²) < 4.78 is 26.9. The van der Waals surface area contributed by atoms with E-state index in [1.54, 1.807) is 17.2 Å². The minimum atomic E-state index is -0.883. The Morgan fingerprint density at radius 3 is 2.91 bits per heavy atom. The molecule has 22 heavy (non-hydrogen) atoms. The molecule has 4 rings (SSSR count). The van der Waals surface area contributed by atoms with Crippen LogP contribution >= 0.6 is 11.3 Å². The van der Waals surface area contributed by atoms with Gasteiger partial charge in [0.15, 0.2) is 29.0 Å². The van der Waals surface area contributed by atoms with E-state index < -0.39 is 11.6 Å². The van der Waals surface area contributed by atoms with Gasteiger partial charge < -0.3 is 4.90 Å². The predicted molar refractivity (Wildman–Crippen MR) is 77.6 cm³/mol. The number of rotatable bonds is 2. The second-order valence-electron chi connectivity index (χ2n) is 5.62. The third-order valence-electron chi connectivity index (χ3n) is 4.44. The van der Waals surface area contributed by atoms with Crippen LogP contribution in [-0.2, 0) is 4.79 Å². The summed E-state index contributed by atoms with van der Waals surface area (Å²) >= 11 is 1.38. The average molecular weight is 322 g/mol. The van der Waals surface area contributed by atoms with Gasteiger partial charge in [0.05, 0.1) is 6.54 Å². The van der Waals surface area contributed by atoms with Crippen LogP contribution in [0.15, 0.2) is 29.8 Å². The van der Waals surface area contributed by atoms with Gasteiger partial charge in [-0.2, -0.15) is 0 Å². The molecule has 4 nitrogen and oxygen atoms in total. The van der Waals surface area contributed by atoms with Gasteiger partial charge in [-0.25, -0.2) is 18.7 Å². The van der Waals surface area contributed by atoms with Crippen molar-refractivity contribution in [1.82, 2.24) is 4.98 Å². The quantitative estimate of drug-likeness (QED) is 0.910. The molecule has 3 unspecified atom stereocenters. The molecule has 1 aromatic heterocycles. The van der Waals surface area contributed by atoms with Gasteiger partial charge in [0.25, 0.3) is 5.91 Å². The molecule has 2 fully saturated rings. The van der Waals surface area contributed by atoms with Gasteiger partial charge in [0, 0.05) is 30.0 Å². The zero-order valence-electron chi connectivity index (χ0n) is 11.6. The number of halogens is 2. The number of carbonyl (C=O) groups is 1. The summed E-state index contributed by atoms with van der Waals surface area (Å²) in [7, 11) is 0. The van der Waals surface area contributed by atoms with Crippen molar-refractivity contribution in [3.8, 4) is 0 Å². The van der Waals surface area contributed by atoms with E-state index in [0.717, 1.165) is 30.4 Å². The van der Waals surface area contributed by atoms with Crippen molar-refractivity contribution < 1.29 is 18.5 Å². The van der Waals surface area contributed by atoms with E-state index in [2.05, 4.69) is 4.98 Å². The fourth-order valence-electron chi connectivity index (χ4n) is 3.53. The Bertz CT molecular complexity index is 722. The Morgan fingerprint density at radius 2 is 2.18 bits per heavy atom. The highest BCUT2D eigenvalue weighted by atomic mass is 32.1. The van der Waals surface area contributed by atoms with Crippen LogP contribution < -0.4 is 9.80 Å². The average Bonchev–Trinajstić information content (AvgIpc) is 3.20. The maximum absolute atomic E-state index is 13.6. The number of aromatic nitrogens is 1. The van der Waals surface area contributed by atoms with Crippen molar-refractivity contribution in [3.05, 3.63) is 47.0 Å². The van der Waals surface area contributed by atoms with Crippen molar-refractivity contribution in [2.75, 3.05) is 11.4 Å². The Kier molecular flexibility index (Phi) is 3.19. The molecule has 0 spiro atoms. The lowest BCUT2D eigenvalue weighted by Gasteiger charge is -2.24. The van der Waals surface area contributed by atoms with Crippen molar-refractivity contribution >= 4 is 22.4 Å². The number of carbonyl (C=O) groups excluding carboxylic acids is 1. The van der Waals surface area contributed by atoms with E-state index in [1.165, 1.54) is 17.4 Å². The third-order valence-corrected chi connectivity index (χ3v) is 5.21. The standard InChI is InChI=1S/C15H13F2N3OS/c16-10-4-3-9(8-11(10)17)13-19-6-1-2-12(19)14(21)20(13)15-18-5-7-22-15/h3-5,7-8,12-13H,1-2,6H2/p+1. The lowest BCUT2D eigenvalue weighted by molar-refractivity contribution is -0.924. The van der Waals surface area contributed by atoms with E-state index in [-0.39, 0.29) is 18.1 Å². The summed E-state index contributed by atoms with van der Waals surface area (Å²) in [5, 5.41) is 2.42. The zero-order valence-corrected chi connectivity index (χ0v) is 12.4. The SMILES string of the molecule is O=C1C2CCC[NH+]2C(c2ccc(F)c(F)c2)N1c1nccs1. The Balaban J connectivity index is 1.82. The van der Waals surface area contributed by atoms with Gasteiger partial charge in [-0.1, -0.05) is 0 Å². The molecule has 0 bridgehead atoms. The fourth-order valence-corrected chi connectivity index (χ4v) is 4.20. The summed E-state index contributed by atoms with van der Waals surface area (Å²) in [6.45, 7) is 0.849. The molecule has 1 N–H and O–H groups in total. The highest BCUT2D eigenvalue weighted by Gasteiger charge is 2.54. The molecule has 3 heterocycles. The predicted octanol–water partition coefficient (Wildman–Crippen LogP) is 1.51. The molecule has 0 saturated carbocycles. The molecule has 2 aliphatic rings. The lowest BCUT2D eigenvalue weighted by atomic mass is 10.1. The van der Waals surface area contributed by atoms with E-state index in [0.29, 0.717) is 10.7 Å². The van der Waals surface area contributed by atoms with Crippen LogP contribution in [0.5, 0.6) is 0 Å². The molecular formula is C15H14F2N3OS+. The Hall–Kier alpha value is -1.86. The number of hydrogen-bond donors (Lipinski definition) is 1. The van der Waals surface area contributed by atoms with E-state index in [4.69, 9.17) is 0 Å². The van der Waals surface area contributed by atoms with Gasteiger partial charge in [-0.3, -0.25) is 4.79 Å². The molecular weight excluding hydrogens is 308 g/mol. The maximum Gasteiger partial charge on any atom is 0.292 e. The summed E-state index contributed by atoms with van der Waals surface area (Å²) in [6.07, 6.45) is 3.11. The normalized spacial score (nSPS) is 27.5. The number of hydrogen-bond acceptors (Lipinski definition) is 3. The minimum absolute atomic E-state index is 0.0252. The molecule has 3 atom stereocenters. The van der Waals surface area contributed by atoms with E-state index in [1.807, 2.05) is 5.38 Å². The number of nitrogens with one attached hydrogen (secondary N) is 1. The third kappa shape index (κ3) is 1.96. The van der Waals surface area contributed by atoms with Gasteiger partial charge in [-0.05, 0) is 18.2 Å². The first-order chi connectivity index (χ1) is 10.7. The maximum atomic E-state index is 13.6. The highest BCUT2D eigenvalue weighted by Crippen LogP contribution is 2.32. The van der Waals surface area contributed by atoms with E-state index >= 15 is 0 Å². The summed E-state index contributed by atoms with van der Waals surface area (Å²) in [4.78, 5) is 19.7. The van der Waals surface area contributed by atoms with Gasteiger partial charge in [0.2, 0.25) is 0 Å². The molecule has 7 heteroatoms. The Morgan fingerprint density at radius 1 is 1.32 bits per heavy atom. The number of nitrogens with zero attached hydrogens (tertiary/aromatic N) is 2. The summed E-state index contributed by atoms with van der Waals surface area (Å²) in [5.74, 6) is -1.73. The highest BCUT2D eigenvalue weighted by molar-refractivity contribution is 7.13. The second-order valence-corrected chi connectivity index (χ2v) is 6.49. The second kappa shape index (κ2) is 5.10. The molecule has 2 saturated heterocycles. The Labute approximate surface area is 130 Å². The van der Waals surface area contributed by atoms with Crippen LogP contribution in [0.3, 0.4) is 0 Å². The molecule has 0 aliphatic carbocycles. The minimum Gasteiger partial charge on any atom is -0.301 e. The number of thiazole rings is 1. The number of quaternary nitrogens is 1. The first-order valence-corrected chi connectivity index (χ1v) is 8.08. The van der Waals surface area contributed by atoms with Crippen LogP contribution in [-0.4, -0.2) is 23.5 Å². The number of anilines is 1. The van der Waals surface area contributed by atoms with Crippen LogP contribution in [0.2, 0.25) is 0 Å². The van der Waals surface area contributed by atoms with Crippen molar-refractivity contribution in [1.29, 1.82) is 0 Å². The van der Waals surface area contributed by atoms with Gasteiger partial charge in [-0.15, -0.1) is 11.3 Å². The first kappa shape index (κ1) is 13.8. The number of amides is 1. The number of benzene rings is 1. The smallest absolute Gasteiger partial charge is 0.292 e. The van der Waals surface area contributed by atoms with Gasteiger partial charge in [0.1, 0.15) is 0 Å². The summed E-state index contributed by atoms with van der Waals surface area (Å²) in [5.41, 5.74) is 0.613. The van der Waals surface area contributed by atoms with E-state index in [9.17, 15) is 13.6 Å². The first-order valence-electron chi connectivity index (χ1n) is 7.20. The van der Waals surface area contributed by atoms with Crippen LogP contribution in [0, 0.1) is 11.6 Å². The summed E-state index contributed by atoms with van der Waals surface area (Å²) in [6, 6.07) is 3.77. The largest absolute Gasteiger partial charge is 0.301 e. The molecule has 1 amide bonds. The zero-order chi connectivity index (χ0) is 15.3. The molecule has 1 aromatic carbocycles. The van der Waals surface area contributed by atoms with Crippen LogP contribution in [0.1, 0.15) is 24.6 Å². The fraction of sp³-hybridized carbons (Fsp3) is 0.333.